The molecule has 0 aliphatic heterocycles. The molecule has 94 valence electrons. The van der Waals surface area contributed by atoms with Crippen LogP contribution in [0.5, 0.6) is 0 Å². The van der Waals surface area contributed by atoms with Crippen LogP contribution in [0.1, 0.15) is 43.8 Å². The topological polar surface area (TPSA) is 80.7 Å². The van der Waals surface area contributed by atoms with Crippen molar-refractivity contribution >= 4 is 11.8 Å². The second-order valence-corrected chi connectivity index (χ2v) is 4.01. The van der Waals surface area contributed by atoms with E-state index in [1.165, 1.54) is 12.1 Å². The smallest absolute Gasteiger partial charge is 0.371 e. The largest absolute Gasteiger partial charge is 0.475 e. The van der Waals surface area contributed by atoms with Crippen LogP contribution in [-0.2, 0) is 0 Å². The van der Waals surface area contributed by atoms with Crippen LogP contribution in [0.15, 0.2) is 21.0 Å². The van der Waals surface area contributed by atoms with E-state index in [4.69, 9.17) is 13.9 Å². The molecular weight excluding hydrogens is 236 g/mol. The summed E-state index contributed by atoms with van der Waals surface area (Å²) >= 11 is 0. The fourth-order valence-corrected chi connectivity index (χ4v) is 1.83. The highest BCUT2D eigenvalue weighted by molar-refractivity contribution is 6.09. The molecule has 1 N–H and O–H groups in total. The first-order valence-electron chi connectivity index (χ1n) is 5.36. The lowest BCUT2D eigenvalue weighted by Gasteiger charge is -1.97. The molecule has 2 heterocycles. The van der Waals surface area contributed by atoms with E-state index in [2.05, 4.69) is 0 Å². The first-order chi connectivity index (χ1) is 8.41. The summed E-state index contributed by atoms with van der Waals surface area (Å²) in [6.07, 6.45) is 0. The SMILES string of the molecule is Cc1oc(C)c(C(=O)c2ccc(C(=O)O)o2)c1C. The maximum atomic E-state index is 12.2. The summed E-state index contributed by atoms with van der Waals surface area (Å²) < 4.78 is 10.4. The van der Waals surface area contributed by atoms with Crippen molar-refractivity contribution in [3.05, 3.63) is 46.3 Å². The molecule has 0 aromatic carbocycles. The quantitative estimate of drug-likeness (QED) is 0.844. The Labute approximate surface area is 103 Å². The Hall–Kier alpha value is -2.30. The Balaban J connectivity index is 2.44. The van der Waals surface area contributed by atoms with E-state index < -0.39 is 5.97 Å². The summed E-state index contributed by atoms with van der Waals surface area (Å²) in [5, 5.41) is 8.74. The van der Waals surface area contributed by atoms with Gasteiger partial charge in [-0.1, -0.05) is 0 Å². The average Bonchev–Trinajstić information content (AvgIpc) is 2.85. The van der Waals surface area contributed by atoms with Crippen LogP contribution >= 0.6 is 0 Å². The van der Waals surface area contributed by atoms with Gasteiger partial charge in [-0.3, -0.25) is 4.79 Å². The van der Waals surface area contributed by atoms with E-state index in [1.807, 2.05) is 0 Å². The minimum atomic E-state index is -1.20. The van der Waals surface area contributed by atoms with Crippen molar-refractivity contribution in [2.24, 2.45) is 0 Å². The molecule has 0 aliphatic rings. The molecule has 2 aromatic heterocycles. The molecule has 0 saturated heterocycles. The van der Waals surface area contributed by atoms with E-state index in [-0.39, 0.29) is 17.3 Å². The molecule has 0 fully saturated rings. The molecule has 0 spiro atoms. The number of carbonyl (C=O) groups is 2. The summed E-state index contributed by atoms with van der Waals surface area (Å²) in [6.45, 7) is 5.23. The Morgan fingerprint density at radius 3 is 2.06 bits per heavy atom. The molecule has 0 unspecified atom stereocenters. The fourth-order valence-electron chi connectivity index (χ4n) is 1.83. The van der Waals surface area contributed by atoms with Crippen LogP contribution < -0.4 is 0 Å². The van der Waals surface area contributed by atoms with E-state index >= 15 is 0 Å². The van der Waals surface area contributed by atoms with Crippen LogP contribution in [-0.4, -0.2) is 16.9 Å². The van der Waals surface area contributed by atoms with Gasteiger partial charge < -0.3 is 13.9 Å². The minimum absolute atomic E-state index is 0.000556. The fraction of sp³-hybridized carbons (Fsp3) is 0.231. The van der Waals surface area contributed by atoms with Crippen molar-refractivity contribution in [2.75, 3.05) is 0 Å². The van der Waals surface area contributed by atoms with Gasteiger partial charge in [0.15, 0.2) is 5.76 Å². The van der Waals surface area contributed by atoms with Gasteiger partial charge in [0.1, 0.15) is 11.5 Å². The molecule has 0 bridgehead atoms. The van der Waals surface area contributed by atoms with Crippen LogP contribution in [0.25, 0.3) is 0 Å². The Kier molecular flexibility index (Phi) is 2.82. The molecule has 0 aliphatic carbocycles. The minimum Gasteiger partial charge on any atom is -0.475 e. The summed E-state index contributed by atoms with van der Waals surface area (Å²) in [4.78, 5) is 22.9. The Morgan fingerprint density at radius 2 is 1.61 bits per heavy atom. The first kappa shape index (κ1) is 12.2. The summed E-state index contributed by atoms with van der Waals surface area (Å²) in [7, 11) is 0. The van der Waals surface area contributed by atoms with Crippen molar-refractivity contribution in [3.63, 3.8) is 0 Å². The lowest BCUT2D eigenvalue weighted by atomic mass is 10.0. The van der Waals surface area contributed by atoms with Crippen molar-refractivity contribution in [1.82, 2.24) is 0 Å². The summed E-state index contributed by atoms with van der Waals surface area (Å²) in [5.74, 6) is -0.655. The first-order valence-corrected chi connectivity index (χ1v) is 5.36. The second kappa shape index (κ2) is 4.18. The number of hydrogen-bond acceptors (Lipinski definition) is 4. The van der Waals surface area contributed by atoms with Gasteiger partial charge in [0, 0.05) is 5.56 Å². The third-order valence-corrected chi connectivity index (χ3v) is 2.83. The molecule has 0 radical (unpaired) electrons. The third-order valence-electron chi connectivity index (χ3n) is 2.83. The molecule has 2 rings (SSSR count). The molecule has 18 heavy (non-hydrogen) atoms. The second-order valence-electron chi connectivity index (χ2n) is 4.01. The van der Waals surface area contributed by atoms with E-state index in [0.29, 0.717) is 17.1 Å². The zero-order valence-corrected chi connectivity index (χ0v) is 10.2. The Bertz CT molecular complexity index is 630. The summed E-state index contributed by atoms with van der Waals surface area (Å²) in [6, 6.07) is 2.61. The van der Waals surface area contributed by atoms with Gasteiger partial charge in [-0.25, -0.2) is 4.79 Å². The van der Waals surface area contributed by atoms with Crippen molar-refractivity contribution in [2.45, 2.75) is 20.8 Å². The summed E-state index contributed by atoms with van der Waals surface area (Å²) in [5.41, 5.74) is 1.17. The number of hydrogen-bond donors (Lipinski definition) is 1. The molecule has 0 saturated carbocycles. The lowest BCUT2D eigenvalue weighted by Crippen LogP contribution is -2.02. The van der Waals surface area contributed by atoms with Crippen molar-refractivity contribution in [1.29, 1.82) is 0 Å². The van der Waals surface area contributed by atoms with Crippen LogP contribution in [0.2, 0.25) is 0 Å². The van der Waals surface area contributed by atoms with Gasteiger partial charge in [0.05, 0.1) is 5.56 Å². The van der Waals surface area contributed by atoms with E-state index in [1.54, 1.807) is 20.8 Å². The maximum Gasteiger partial charge on any atom is 0.371 e. The van der Waals surface area contributed by atoms with E-state index in [9.17, 15) is 9.59 Å². The van der Waals surface area contributed by atoms with Gasteiger partial charge in [-0.15, -0.1) is 0 Å². The molecule has 0 amide bonds. The van der Waals surface area contributed by atoms with Crippen LogP contribution in [0, 0.1) is 20.8 Å². The molecule has 2 aromatic rings. The number of carboxylic acids is 1. The predicted octanol–water partition coefficient (Wildman–Crippen LogP) is 2.73. The number of aromatic carboxylic acids is 1. The predicted molar refractivity (Wildman–Crippen MR) is 62.0 cm³/mol. The van der Waals surface area contributed by atoms with Gasteiger partial charge in [0.25, 0.3) is 0 Å². The monoisotopic (exact) mass is 248 g/mol. The number of carboxylic acid groups (broad SMARTS) is 1. The normalized spacial score (nSPS) is 10.6. The third kappa shape index (κ3) is 1.84. The number of carbonyl (C=O) groups excluding carboxylic acids is 1. The molecule has 5 heteroatoms. The van der Waals surface area contributed by atoms with Crippen molar-refractivity contribution < 1.29 is 23.5 Å². The molecule has 5 nitrogen and oxygen atoms in total. The highest BCUT2D eigenvalue weighted by Crippen LogP contribution is 2.24. The van der Waals surface area contributed by atoms with Crippen LogP contribution in [0.3, 0.4) is 0 Å². The van der Waals surface area contributed by atoms with Crippen LogP contribution in [0.4, 0.5) is 0 Å². The number of ketones is 1. The average molecular weight is 248 g/mol. The van der Waals surface area contributed by atoms with Gasteiger partial charge in [0.2, 0.25) is 11.5 Å². The Morgan fingerprint density at radius 1 is 1.00 bits per heavy atom. The molecular formula is C13H12O5. The van der Waals surface area contributed by atoms with Gasteiger partial charge >= 0.3 is 5.97 Å². The number of rotatable bonds is 3. The van der Waals surface area contributed by atoms with E-state index in [0.717, 1.165) is 5.56 Å². The van der Waals surface area contributed by atoms with Crippen molar-refractivity contribution in [3.8, 4) is 0 Å². The molecule has 0 atom stereocenters. The lowest BCUT2D eigenvalue weighted by molar-refractivity contribution is 0.0660. The van der Waals surface area contributed by atoms with Gasteiger partial charge in [-0.05, 0) is 32.9 Å². The zero-order valence-electron chi connectivity index (χ0n) is 10.2. The standard InChI is InChI=1S/C13H12O5/c1-6-7(2)17-8(3)11(6)12(14)9-4-5-10(18-9)13(15)16/h4-5H,1-3H3,(H,15,16). The number of furan rings is 2. The zero-order chi connectivity index (χ0) is 13.4. The maximum absolute atomic E-state index is 12.2. The number of aryl methyl sites for hydroxylation is 2. The highest BCUT2D eigenvalue weighted by Gasteiger charge is 2.23. The van der Waals surface area contributed by atoms with Gasteiger partial charge in [-0.2, -0.15) is 0 Å². The highest BCUT2D eigenvalue weighted by atomic mass is 16.4.